The number of hydrogen-bond donors (Lipinski definition) is 0. The minimum atomic E-state index is 0.712. The van der Waals surface area contributed by atoms with Crippen molar-refractivity contribution in [2.75, 3.05) is 0 Å². The van der Waals surface area contributed by atoms with Crippen molar-refractivity contribution in [2.45, 2.75) is 54.4 Å². The Labute approximate surface area is 78.1 Å². The molecule has 0 fully saturated rings. The molecule has 1 unspecified atom stereocenters. The summed E-state index contributed by atoms with van der Waals surface area (Å²) in [6.45, 7) is 13.7. The Hall–Kier alpha value is -0.260. The molecule has 1 atom stereocenters. The van der Waals surface area contributed by atoms with Crippen molar-refractivity contribution in [3.8, 4) is 0 Å². The van der Waals surface area contributed by atoms with Crippen LogP contribution in [0.1, 0.15) is 54.4 Å². The highest BCUT2D eigenvalue weighted by Crippen LogP contribution is 2.23. The van der Waals surface area contributed by atoms with Crippen LogP contribution in [-0.2, 0) is 0 Å². The summed E-state index contributed by atoms with van der Waals surface area (Å²) in [5, 5.41) is 0. The maximum Gasteiger partial charge on any atom is -0.0232 e. The summed E-state index contributed by atoms with van der Waals surface area (Å²) >= 11 is 0. The predicted molar refractivity (Wildman–Crippen MR) is 57.3 cm³/mol. The summed E-state index contributed by atoms with van der Waals surface area (Å²) in [5.74, 6) is 1.49. The van der Waals surface area contributed by atoms with Gasteiger partial charge in [0.2, 0.25) is 0 Å². The Morgan fingerprint density at radius 1 is 1.00 bits per heavy atom. The largest absolute Gasteiger partial charge is 0.0716 e. The summed E-state index contributed by atoms with van der Waals surface area (Å²) in [4.78, 5) is 0. The Morgan fingerprint density at radius 2 is 1.50 bits per heavy atom. The van der Waals surface area contributed by atoms with Gasteiger partial charge < -0.3 is 0 Å². The minimum Gasteiger partial charge on any atom is -0.0716 e. The molecule has 72 valence electrons. The van der Waals surface area contributed by atoms with Crippen LogP contribution in [0.2, 0.25) is 0 Å². The second-order valence-corrected chi connectivity index (χ2v) is 4.21. The number of rotatable bonds is 4. The van der Waals surface area contributed by atoms with Gasteiger partial charge in [0.15, 0.2) is 0 Å². The summed E-state index contributed by atoms with van der Waals surface area (Å²) in [7, 11) is 0. The third kappa shape index (κ3) is 3.42. The van der Waals surface area contributed by atoms with Gasteiger partial charge in [-0.05, 0) is 32.1 Å². The van der Waals surface area contributed by atoms with Crippen LogP contribution < -0.4 is 0 Å². The van der Waals surface area contributed by atoms with Crippen LogP contribution in [0.5, 0.6) is 0 Å². The molecular formula is C12H24. The first kappa shape index (κ1) is 11.7. The monoisotopic (exact) mass is 168 g/mol. The van der Waals surface area contributed by atoms with E-state index in [1.807, 2.05) is 0 Å². The van der Waals surface area contributed by atoms with E-state index < -0.39 is 0 Å². The minimum absolute atomic E-state index is 0.712. The van der Waals surface area contributed by atoms with Gasteiger partial charge in [-0.1, -0.05) is 45.3 Å². The van der Waals surface area contributed by atoms with E-state index in [-0.39, 0.29) is 0 Å². The first-order valence-electron chi connectivity index (χ1n) is 5.17. The van der Waals surface area contributed by atoms with E-state index in [1.165, 1.54) is 12.8 Å². The van der Waals surface area contributed by atoms with Gasteiger partial charge in [0, 0.05) is 0 Å². The molecule has 0 bridgehead atoms. The molecule has 0 N–H and O–H groups in total. The molecule has 0 saturated carbocycles. The van der Waals surface area contributed by atoms with Crippen molar-refractivity contribution < 1.29 is 0 Å². The molecule has 0 aromatic carbocycles. The fourth-order valence-corrected chi connectivity index (χ4v) is 1.49. The SMILES string of the molecule is CCCC(C)/C(C)=C(\C)C(C)C. The van der Waals surface area contributed by atoms with Gasteiger partial charge in [-0.15, -0.1) is 0 Å². The Bertz CT molecular complexity index is 151. The highest BCUT2D eigenvalue weighted by molar-refractivity contribution is 5.13. The molecule has 0 aliphatic heterocycles. The van der Waals surface area contributed by atoms with Crippen molar-refractivity contribution in [3.05, 3.63) is 11.1 Å². The van der Waals surface area contributed by atoms with Gasteiger partial charge in [-0.3, -0.25) is 0 Å². The van der Waals surface area contributed by atoms with Crippen molar-refractivity contribution in [1.29, 1.82) is 0 Å². The van der Waals surface area contributed by atoms with Gasteiger partial charge in [-0.2, -0.15) is 0 Å². The Morgan fingerprint density at radius 3 is 1.83 bits per heavy atom. The van der Waals surface area contributed by atoms with Gasteiger partial charge in [0.25, 0.3) is 0 Å². The molecule has 0 aromatic heterocycles. The third-order valence-corrected chi connectivity index (χ3v) is 2.95. The highest BCUT2D eigenvalue weighted by Gasteiger charge is 2.08. The van der Waals surface area contributed by atoms with Crippen LogP contribution in [0, 0.1) is 11.8 Å². The maximum atomic E-state index is 2.34. The van der Waals surface area contributed by atoms with Crippen LogP contribution in [-0.4, -0.2) is 0 Å². The van der Waals surface area contributed by atoms with Crippen LogP contribution in [0.4, 0.5) is 0 Å². The molecule has 0 saturated heterocycles. The van der Waals surface area contributed by atoms with E-state index in [9.17, 15) is 0 Å². The van der Waals surface area contributed by atoms with Gasteiger partial charge in [0.05, 0.1) is 0 Å². The molecule has 0 nitrogen and oxygen atoms in total. The summed E-state index contributed by atoms with van der Waals surface area (Å²) in [5.41, 5.74) is 3.18. The zero-order chi connectivity index (χ0) is 9.72. The smallest absolute Gasteiger partial charge is 0.0232 e. The molecule has 0 amide bonds. The van der Waals surface area contributed by atoms with Crippen LogP contribution in [0.15, 0.2) is 11.1 Å². The van der Waals surface area contributed by atoms with Crippen LogP contribution in [0.25, 0.3) is 0 Å². The van der Waals surface area contributed by atoms with Crippen molar-refractivity contribution in [2.24, 2.45) is 11.8 Å². The van der Waals surface area contributed by atoms with E-state index in [0.717, 1.165) is 5.92 Å². The van der Waals surface area contributed by atoms with Crippen molar-refractivity contribution in [1.82, 2.24) is 0 Å². The Balaban J connectivity index is 4.32. The standard InChI is InChI=1S/C12H24/c1-7-8-10(4)12(6)11(5)9(2)3/h9-10H,7-8H2,1-6H3/b12-11+. The molecule has 0 aliphatic carbocycles. The molecule has 0 aliphatic rings. The quantitative estimate of drug-likeness (QED) is 0.545. The third-order valence-electron chi connectivity index (χ3n) is 2.95. The zero-order valence-electron chi connectivity index (χ0n) is 9.57. The molecule has 0 heteroatoms. The molecule has 0 spiro atoms. The van der Waals surface area contributed by atoms with Gasteiger partial charge in [0.1, 0.15) is 0 Å². The highest BCUT2D eigenvalue weighted by atomic mass is 14.1. The van der Waals surface area contributed by atoms with E-state index in [2.05, 4.69) is 41.5 Å². The molecule has 0 heterocycles. The molecular weight excluding hydrogens is 144 g/mol. The van der Waals surface area contributed by atoms with Gasteiger partial charge >= 0.3 is 0 Å². The maximum absolute atomic E-state index is 2.34. The molecule has 12 heavy (non-hydrogen) atoms. The lowest BCUT2D eigenvalue weighted by Crippen LogP contribution is -2.02. The number of allylic oxidation sites excluding steroid dienone is 2. The summed E-state index contributed by atoms with van der Waals surface area (Å²) in [6, 6.07) is 0. The summed E-state index contributed by atoms with van der Waals surface area (Å²) < 4.78 is 0. The molecule has 0 radical (unpaired) electrons. The fourth-order valence-electron chi connectivity index (χ4n) is 1.49. The first-order chi connectivity index (χ1) is 5.50. The summed E-state index contributed by atoms with van der Waals surface area (Å²) in [6.07, 6.45) is 2.62. The van der Waals surface area contributed by atoms with Crippen molar-refractivity contribution >= 4 is 0 Å². The van der Waals surface area contributed by atoms with Gasteiger partial charge in [-0.25, -0.2) is 0 Å². The lowest BCUT2D eigenvalue weighted by Gasteiger charge is -2.17. The van der Waals surface area contributed by atoms with E-state index in [4.69, 9.17) is 0 Å². The molecule has 0 aromatic rings. The van der Waals surface area contributed by atoms with Crippen molar-refractivity contribution in [3.63, 3.8) is 0 Å². The topological polar surface area (TPSA) is 0 Å². The lowest BCUT2D eigenvalue weighted by molar-refractivity contribution is 0.582. The number of hydrogen-bond acceptors (Lipinski definition) is 0. The first-order valence-corrected chi connectivity index (χ1v) is 5.17. The average Bonchev–Trinajstić information content (AvgIpc) is 2.02. The normalized spacial score (nSPS) is 16.2. The van der Waals surface area contributed by atoms with E-state index >= 15 is 0 Å². The second-order valence-electron chi connectivity index (χ2n) is 4.21. The van der Waals surface area contributed by atoms with Crippen LogP contribution >= 0.6 is 0 Å². The van der Waals surface area contributed by atoms with E-state index in [0.29, 0.717) is 5.92 Å². The van der Waals surface area contributed by atoms with Crippen LogP contribution in [0.3, 0.4) is 0 Å². The zero-order valence-corrected chi connectivity index (χ0v) is 9.57. The molecule has 0 rings (SSSR count). The Kier molecular flexibility index (Phi) is 5.28. The lowest BCUT2D eigenvalue weighted by atomic mass is 9.89. The fraction of sp³-hybridized carbons (Fsp3) is 0.833. The average molecular weight is 168 g/mol. The second kappa shape index (κ2) is 5.40. The van der Waals surface area contributed by atoms with E-state index in [1.54, 1.807) is 11.1 Å². The predicted octanol–water partition coefficient (Wildman–Crippen LogP) is 4.42.